The molecule has 0 spiro atoms. The van der Waals surface area contributed by atoms with Gasteiger partial charge in [0.25, 0.3) is 0 Å². The smallest absolute Gasteiger partial charge is 0.133 e. The van der Waals surface area contributed by atoms with Crippen LogP contribution in [0.5, 0.6) is 5.75 Å². The van der Waals surface area contributed by atoms with Crippen LogP contribution in [0.1, 0.15) is 52.0 Å². The highest BCUT2D eigenvalue weighted by atomic mass is 79.9. The minimum Gasteiger partial charge on any atom is -0.490 e. The number of rotatable bonds is 8. The van der Waals surface area contributed by atoms with E-state index < -0.39 is 0 Å². The first-order valence-electron chi connectivity index (χ1n) is 7.05. The summed E-state index contributed by atoms with van der Waals surface area (Å²) in [5.74, 6) is 0.794. The topological polar surface area (TPSA) is 29.5 Å². The van der Waals surface area contributed by atoms with Crippen molar-refractivity contribution < 1.29 is 9.84 Å². The second-order valence-corrected chi connectivity index (χ2v) is 6.41. The summed E-state index contributed by atoms with van der Waals surface area (Å²) >= 11 is 3.55. The van der Waals surface area contributed by atoms with Crippen molar-refractivity contribution >= 4 is 15.9 Å². The Bertz CT molecular complexity index is 388. The monoisotopic (exact) mass is 328 g/mol. The second kappa shape index (κ2) is 7.91. The molecule has 0 bridgehead atoms. The highest BCUT2D eigenvalue weighted by Gasteiger charge is 2.21. The van der Waals surface area contributed by atoms with Crippen LogP contribution < -0.4 is 4.74 Å². The fraction of sp³-hybridized carbons (Fsp3) is 0.625. The van der Waals surface area contributed by atoms with Gasteiger partial charge in [0.15, 0.2) is 0 Å². The summed E-state index contributed by atoms with van der Waals surface area (Å²) in [5, 5.41) is 8.78. The van der Waals surface area contributed by atoms with Crippen LogP contribution in [0.25, 0.3) is 0 Å². The third-order valence-corrected chi connectivity index (χ3v) is 4.09. The molecule has 3 heteroatoms. The van der Waals surface area contributed by atoms with E-state index in [1.165, 1.54) is 31.2 Å². The Morgan fingerprint density at radius 3 is 2.58 bits per heavy atom. The lowest BCUT2D eigenvalue weighted by atomic mass is 9.80. The van der Waals surface area contributed by atoms with E-state index in [9.17, 15) is 0 Å². The van der Waals surface area contributed by atoms with Gasteiger partial charge in [-0.2, -0.15) is 0 Å². The average Bonchev–Trinajstić information content (AvgIpc) is 2.37. The zero-order valence-electron chi connectivity index (χ0n) is 12.2. The van der Waals surface area contributed by atoms with Gasteiger partial charge in [-0.15, -0.1) is 0 Å². The van der Waals surface area contributed by atoms with Crippen molar-refractivity contribution in [3.63, 3.8) is 0 Å². The van der Waals surface area contributed by atoms with Gasteiger partial charge in [0, 0.05) is 0 Å². The normalized spacial score (nSPS) is 11.6. The molecule has 0 aromatic heterocycles. The predicted molar refractivity (Wildman–Crippen MR) is 83.9 cm³/mol. The lowest BCUT2D eigenvalue weighted by Gasteiger charge is -2.26. The Morgan fingerprint density at radius 1 is 1.26 bits per heavy atom. The molecule has 1 rings (SSSR count). The summed E-state index contributed by atoms with van der Waals surface area (Å²) in [4.78, 5) is 0. The van der Waals surface area contributed by atoms with Crippen molar-refractivity contribution in [2.45, 2.75) is 51.9 Å². The quantitative estimate of drug-likeness (QED) is 0.702. The molecular weight excluding hydrogens is 304 g/mol. The summed E-state index contributed by atoms with van der Waals surface area (Å²) < 4.78 is 6.42. The number of hydrogen-bond donors (Lipinski definition) is 1. The van der Waals surface area contributed by atoms with E-state index in [1.54, 1.807) is 0 Å². The van der Waals surface area contributed by atoms with Crippen molar-refractivity contribution in [2.75, 3.05) is 13.2 Å². The van der Waals surface area contributed by atoms with E-state index in [0.29, 0.717) is 6.61 Å². The van der Waals surface area contributed by atoms with Crippen molar-refractivity contribution in [3.05, 3.63) is 28.2 Å². The van der Waals surface area contributed by atoms with E-state index in [1.807, 2.05) is 6.07 Å². The van der Waals surface area contributed by atoms with Crippen LogP contribution in [0.4, 0.5) is 0 Å². The van der Waals surface area contributed by atoms with E-state index in [0.717, 1.165) is 10.2 Å². The zero-order valence-corrected chi connectivity index (χ0v) is 13.8. The maximum atomic E-state index is 8.78. The molecule has 1 aromatic carbocycles. The third kappa shape index (κ3) is 5.15. The molecule has 0 saturated carbocycles. The third-order valence-electron chi connectivity index (χ3n) is 3.47. The molecule has 0 fully saturated rings. The fourth-order valence-electron chi connectivity index (χ4n) is 2.16. The molecule has 0 saturated heterocycles. The molecule has 0 aliphatic carbocycles. The maximum Gasteiger partial charge on any atom is 0.133 e. The lowest BCUT2D eigenvalue weighted by molar-refractivity contribution is 0.200. The summed E-state index contributed by atoms with van der Waals surface area (Å²) in [5.41, 5.74) is 1.51. The molecule has 1 aromatic rings. The van der Waals surface area contributed by atoms with Gasteiger partial charge in [0.05, 0.1) is 11.1 Å². The molecule has 0 aliphatic rings. The van der Waals surface area contributed by atoms with Crippen molar-refractivity contribution in [2.24, 2.45) is 0 Å². The Labute approximate surface area is 125 Å². The molecule has 108 valence electrons. The lowest BCUT2D eigenvalue weighted by Crippen LogP contribution is -2.17. The van der Waals surface area contributed by atoms with E-state index in [4.69, 9.17) is 9.84 Å². The molecule has 19 heavy (non-hydrogen) atoms. The van der Waals surface area contributed by atoms with Crippen molar-refractivity contribution in [1.29, 1.82) is 0 Å². The minimum atomic E-state index is 0.0384. The Morgan fingerprint density at radius 2 is 2.00 bits per heavy atom. The molecule has 0 amide bonds. The van der Waals surface area contributed by atoms with Crippen molar-refractivity contribution in [3.8, 4) is 5.75 Å². The maximum absolute atomic E-state index is 8.78. The summed E-state index contributed by atoms with van der Waals surface area (Å²) in [6.45, 7) is 7.18. The molecular formula is C16H25BrO2. The first-order chi connectivity index (χ1) is 9.01. The summed E-state index contributed by atoms with van der Waals surface area (Å²) in [6.07, 6.45) is 5.02. The first kappa shape index (κ1) is 16.5. The van der Waals surface area contributed by atoms with Crippen LogP contribution in [0, 0.1) is 0 Å². The van der Waals surface area contributed by atoms with Crippen LogP contribution >= 0.6 is 15.9 Å². The SMILES string of the molecule is CCCCCC(C)(C)c1ccc(OCCO)c(Br)c1. The molecule has 0 unspecified atom stereocenters. The van der Waals surface area contributed by atoms with Gasteiger partial charge < -0.3 is 9.84 Å². The van der Waals surface area contributed by atoms with Crippen LogP contribution in [-0.2, 0) is 5.41 Å². The molecule has 0 aliphatic heterocycles. The minimum absolute atomic E-state index is 0.0384. The second-order valence-electron chi connectivity index (χ2n) is 5.56. The van der Waals surface area contributed by atoms with Gasteiger partial charge >= 0.3 is 0 Å². The number of benzene rings is 1. The summed E-state index contributed by atoms with van der Waals surface area (Å²) in [6, 6.07) is 6.25. The Kier molecular flexibility index (Phi) is 6.87. The number of aliphatic hydroxyl groups excluding tert-OH is 1. The van der Waals surface area contributed by atoms with Crippen LogP contribution in [0.2, 0.25) is 0 Å². The predicted octanol–water partition coefficient (Wildman–Crippen LogP) is 4.68. The van der Waals surface area contributed by atoms with Gasteiger partial charge in [-0.1, -0.05) is 46.1 Å². The molecule has 1 N–H and O–H groups in total. The number of aliphatic hydroxyl groups is 1. The molecule has 0 atom stereocenters. The number of ether oxygens (including phenoxy) is 1. The van der Waals surface area contributed by atoms with Crippen molar-refractivity contribution in [1.82, 2.24) is 0 Å². The van der Waals surface area contributed by atoms with Gasteiger partial charge in [-0.3, -0.25) is 0 Å². The highest BCUT2D eigenvalue weighted by Crippen LogP contribution is 2.34. The molecule has 0 radical (unpaired) electrons. The van der Waals surface area contributed by atoms with Crippen LogP contribution in [-0.4, -0.2) is 18.3 Å². The van der Waals surface area contributed by atoms with E-state index in [2.05, 4.69) is 48.8 Å². The highest BCUT2D eigenvalue weighted by molar-refractivity contribution is 9.10. The average molecular weight is 329 g/mol. The summed E-state index contributed by atoms with van der Waals surface area (Å²) in [7, 11) is 0. The van der Waals surface area contributed by atoms with Gasteiger partial charge in [0.2, 0.25) is 0 Å². The fourth-order valence-corrected chi connectivity index (χ4v) is 2.65. The van der Waals surface area contributed by atoms with Gasteiger partial charge in [-0.05, 0) is 45.5 Å². The Hall–Kier alpha value is -0.540. The standard InChI is InChI=1S/C16H25BrO2/c1-4-5-6-9-16(2,3)13-7-8-15(14(17)12-13)19-11-10-18/h7-8,12,18H,4-6,9-11H2,1-3H3. The van der Waals surface area contributed by atoms with Crippen LogP contribution in [0.15, 0.2) is 22.7 Å². The largest absolute Gasteiger partial charge is 0.490 e. The first-order valence-corrected chi connectivity index (χ1v) is 7.84. The zero-order chi connectivity index (χ0) is 14.3. The Balaban J connectivity index is 2.75. The van der Waals surface area contributed by atoms with Gasteiger partial charge in [0.1, 0.15) is 12.4 Å². The molecule has 2 nitrogen and oxygen atoms in total. The van der Waals surface area contributed by atoms with Gasteiger partial charge in [-0.25, -0.2) is 0 Å². The number of unbranched alkanes of at least 4 members (excludes halogenated alkanes) is 2. The van der Waals surface area contributed by atoms with E-state index >= 15 is 0 Å². The number of halogens is 1. The van der Waals surface area contributed by atoms with Crippen LogP contribution in [0.3, 0.4) is 0 Å². The van der Waals surface area contributed by atoms with E-state index in [-0.39, 0.29) is 12.0 Å². The molecule has 0 heterocycles. The number of hydrogen-bond acceptors (Lipinski definition) is 2.